The molecular formula is C10H11NO. The zero-order chi connectivity index (χ0) is 8.97. The molecule has 1 heterocycles. The van der Waals surface area contributed by atoms with Crippen molar-refractivity contribution < 1.29 is 4.74 Å². The third kappa shape index (κ3) is 1.76. The first-order valence-corrected chi connectivity index (χ1v) is 3.84. The summed E-state index contributed by atoms with van der Waals surface area (Å²) >= 11 is 0. The molecule has 62 valence electrons. The second-order valence-corrected chi connectivity index (χ2v) is 2.41. The highest BCUT2D eigenvalue weighted by Crippen LogP contribution is 2.12. The normalized spacial score (nSPS) is 9.08. The molecule has 0 aliphatic rings. The Morgan fingerprint density at radius 2 is 2.42 bits per heavy atom. The lowest BCUT2D eigenvalue weighted by Crippen LogP contribution is -1.95. The summed E-state index contributed by atoms with van der Waals surface area (Å²) in [5.74, 6) is 3.18. The Hall–Kier alpha value is -1.49. The third-order valence-electron chi connectivity index (χ3n) is 1.53. The Morgan fingerprint density at radius 3 is 2.92 bits per heavy atom. The lowest BCUT2D eigenvalue weighted by Gasteiger charge is -2.03. The second-order valence-electron chi connectivity index (χ2n) is 2.41. The van der Waals surface area contributed by atoms with E-state index < -0.39 is 0 Å². The summed E-state index contributed by atoms with van der Waals surface area (Å²) in [7, 11) is 0. The minimum atomic E-state index is 0.627. The van der Waals surface area contributed by atoms with Gasteiger partial charge in [0, 0.05) is 17.8 Å². The lowest BCUT2D eigenvalue weighted by atomic mass is 10.2. The maximum absolute atomic E-state index is 5.24. The van der Waals surface area contributed by atoms with Gasteiger partial charge >= 0.3 is 0 Å². The van der Waals surface area contributed by atoms with Crippen LogP contribution >= 0.6 is 0 Å². The fourth-order valence-electron chi connectivity index (χ4n) is 0.908. The first-order chi connectivity index (χ1) is 5.77. The van der Waals surface area contributed by atoms with Crippen molar-refractivity contribution in [3.05, 3.63) is 23.4 Å². The summed E-state index contributed by atoms with van der Waals surface area (Å²) in [6, 6.07) is 1.85. The van der Waals surface area contributed by atoms with Crippen LogP contribution in [-0.2, 0) is 0 Å². The van der Waals surface area contributed by atoms with Crippen molar-refractivity contribution in [1.82, 2.24) is 4.98 Å². The maximum atomic E-state index is 5.24. The molecule has 12 heavy (non-hydrogen) atoms. The van der Waals surface area contributed by atoms with E-state index in [0.29, 0.717) is 12.5 Å². The zero-order valence-corrected chi connectivity index (χ0v) is 7.29. The number of rotatable bonds is 2. The molecule has 0 unspecified atom stereocenters. The van der Waals surface area contributed by atoms with Crippen LogP contribution in [0.3, 0.4) is 0 Å². The Morgan fingerprint density at radius 1 is 1.67 bits per heavy atom. The third-order valence-corrected chi connectivity index (χ3v) is 1.53. The van der Waals surface area contributed by atoms with Gasteiger partial charge in [0.05, 0.1) is 6.61 Å². The highest BCUT2D eigenvalue weighted by atomic mass is 16.5. The van der Waals surface area contributed by atoms with Crippen molar-refractivity contribution in [3.8, 4) is 18.2 Å². The number of terminal acetylenes is 1. The van der Waals surface area contributed by atoms with Gasteiger partial charge in [-0.2, -0.15) is 0 Å². The van der Waals surface area contributed by atoms with E-state index in [0.717, 1.165) is 11.1 Å². The van der Waals surface area contributed by atoms with E-state index >= 15 is 0 Å². The van der Waals surface area contributed by atoms with E-state index in [-0.39, 0.29) is 0 Å². The van der Waals surface area contributed by atoms with E-state index in [1.165, 1.54) is 0 Å². The summed E-state index contributed by atoms with van der Waals surface area (Å²) in [5.41, 5.74) is 1.84. The van der Waals surface area contributed by atoms with Crippen LogP contribution in [0, 0.1) is 19.3 Å². The standard InChI is InChI=1S/C10H11NO/c1-4-9-7-11-10(12-5-2)6-8(9)3/h1,6-7H,5H2,2-3H3. The molecule has 1 aromatic heterocycles. The van der Waals surface area contributed by atoms with E-state index in [2.05, 4.69) is 10.9 Å². The summed E-state index contributed by atoms with van der Waals surface area (Å²) in [5, 5.41) is 0. The van der Waals surface area contributed by atoms with Crippen molar-refractivity contribution in [2.45, 2.75) is 13.8 Å². The van der Waals surface area contributed by atoms with E-state index in [4.69, 9.17) is 11.2 Å². The van der Waals surface area contributed by atoms with Crippen LogP contribution in [0.5, 0.6) is 5.88 Å². The monoisotopic (exact) mass is 161 g/mol. The molecule has 0 saturated heterocycles. The first-order valence-electron chi connectivity index (χ1n) is 3.84. The molecule has 0 N–H and O–H groups in total. The van der Waals surface area contributed by atoms with Crippen molar-refractivity contribution in [2.75, 3.05) is 6.61 Å². The average Bonchev–Trinajstić information content (AvgIpc) is 2.05. The fourth-order valence-corrected chi connectivity index (χ4v) is 0.908. The van der Waals surface area contributed by atoms with Gasteiger partial charge in [0.1, 0.15) is 0 Å². The molecule has 0 aromatic carbocycles. The smallest absolute Gasteiger partial charge is 0.213 e. The number of nitrogens with zero attached hydrogens (tertiary/aromatic N) is 1. The number of aromatic nitrogens is 1. The number of hydrogen-bond acceptors (Lipinski definition) is 2. The lowest BCUT2D eigenvalue weighted by molar-refractivity contribution is 0.326. The minimum absolute atomic E-state index is 0.627. The molecule has 0 saturated carbocycles. The van der Waals surface area contributed by atoms with Gasteiger partial charge in [-0.3, -0.25) is 0 Å². The minimum Gasteiger partial charge on any atom is -0.478 e. The van der Waals surface area contributed by atoms with Crippen LogP contribution in [0.25, 0.3) is 0 Å². The predicted molar refractivity (Wildman–Crippen MR) is 48.1 cm³/mol. The van der Waals surface area contributed by atoms with Crippen LogP contribution in [0.15, 0.2) is 12.3 Å². The van der Waals surface area contributed by atoms with Gasteiger partial charge in [0.25, 0.3) is 0 Å². The van der Waals surface area contributed by atoms with Crippen molar-refractivity contribution >= 4 is 0 Å². The van der Waals surface area contributed by atoms with Crippen molar-refractivity contribution in [3.63, 3.8) is 0 Å². The Balaban J connectivity index is 2.96. The van der Waals surface area contributed by atoms with Gasteiger partial charge < -0.3 is 4.74 Å². The first kappa shape index (κ1) is 8.61. The Kier molecular flexibility index (Phi) is 2.71. The van der Waals surface area contributed by atoms with Crippen LogP contribution in [0.2, 0.25) is 0 Å². The van der Waals surface area contributed by atoms with Crippen LogP contribution < -0.4 is 4.74 Å². The van der Waals surface area contributed by atoms with Crippen LogP contribution in [0.1, 0.15) is 18.1 Å². The number of aryl methyl sites for hydroxylation is 1. The highest BCUT2D eigenvalue weighted by Gasteiger charge is 1.98. The molecule has 0 radical (unpaired) electrons. The molecule has 0 aliphatic heterocycles. The van der Waals surface area contributed by atoms with E-state index in [9.17, 15) is 0 Å². The van der Waals surface area contributed by atoms with Gasteiger partial charge in [-0.05, 0) is 19.4 Å². The number of ether oxygens (including phenoxy) is 1. The quantitative estimate of drug-likeness (QED) is 0.617. The van der Waals surface area contributed by atoms with Gasteiger partial charge in [0.15, 0.2) is 0 Å². The molecule has 0 amide bonds. The summed E-state index contributed by atoms with van der Waals surface area (Å²) < 4.78 is 5.21. The molecule has 0 bridgehead atoms. The molecule has 2 heteroatoms. The fraction of sp³-hybridized carbons (Fsp3) is 0.300. The number of pyridine rings is 1. The highest BCUT2D eigenvalue weighted by molar-refractivity contribution is 5.39. The predicted octanol–water partition coefficient (Wildman–Crippen LogP) is 1.77. The SMILES string of the molecule is C#Cc1cnc(OCC)cc1C. The average molecular weight is 161 g/mol. The second kappa shape index (κ2) is 3.77. The van der Waals surface area contributed by atoms with Crippen molar-refractivity contribution in [2.24, 2.45) is 0 Å². The van der Waals surface area contributed by atoms with Gasteiger partial charge in [-0.25, -0.2) is 4.98 Å². The van der Waals surface area contributed by atoms with E-state index in [1.54, 1.807) is 6.20 Å². The van der Waals surface area contributed by atoms with E-state index in [1.807, 2.05) is 19.9 Å². The molecule has 1 aromatic rings. The van der Waals surface area contributed by atoms with Crippen molar-refractivity contribution in [1.29, 1.82) is 0 Å². The van der Waals surface area contributed by atoms with Crippen LogP contribution in [-0.4, -0.2) is 11.6 Å². The summed E-state index contributed by atoms with van der Waals surface area (Å²) in [6.45, 7) is 4.49. The molecule has 0 aliphatic carbocycles. The molecule has 1 rings (SSSR count). The Labute approximate surface area is 72.6 Å². The topological polar surface area (TPSA) is 22.1 Å². The summed E-state index contributed by atoms with van der Waals surface area (Å²) in [4.78, 5) is 4.04. The van der Waals surface area contributed by atoms with Crippen LogP contribution in [0.4, 0.5) is 0 Å². The molecule has 0 fully saturated rings. The molecule has 2 nitrogen and oxygen atoms in total. The van der Waals surface area contributed by atoms with Gasteiger partial charge in [-0.1, -0.05) is 5.92 Å². The van der Waals surface area contributed by atoms with Gasteiger partial charge in [0.2, 0.25) is 5.88 Å². The van der Waals surface area contributed by atoms with Gasteiger partial charge in [-0.15, -0.1) is 6.42 Å². The zero-order valence-electron chi connectivity index (χ0n) is 7.29. The molecule has 0 spiro atoms. The molecule has 0 atom stereocenters. The summed E-state index contributed by atoms with van der Waals surface area (Å²) in [6.07, 6.45) is 6.90. The maximum Gasteiger partial charge on any atom is 0.213 e. The molecular weight excluding hydrogens is 150 g/mol. The largest absolute Gasteiger partial charge is 0.478 e. The Bertz CT molecular complexity index is 312. The number of hydrogen-bond donors (Lipinski definition) is 0.